The quantitative estimate of drug-likeness (QED) is 0.644. The summed E-state index contributed by atoms with van der Waals surface area (Å²) in [6.07, 6.45) is 3.86. The fraction of sp³-hybridized carbons (Fsp3) is 0.333. The average molecular weight is 286 g/mol. The predicted octanol–water partition coefficient (Wildman–Crippen LogP) is 1.45. The molecule has 1 unspecified atom stereocenters. The van der Waals surface area contributed by atoms with Gasteiger partial charge in [-0.2, -0.15) is 5.10 Å². The molecular weight excluding hydrogens is 264 g/mol. The molecule has 0 aliphatic heterocycles. The van der Waals surface area contributed by atoms with Gasteiger partial charge in [0.1, 0.15) is 0 Å². The number of rotatable bonds is 5. The van der Waals surface area contributed by atoms with Crippen LogP contribution >= 0.6 is 0 Å². The number of hydrogen-bond donors (Lipinski definition) is 2. The third kappa shape index (κ3) is 4.32. The zero-order valence-corrected chi connectivity index (χ0v) is 12.7. The molecule has 0 spiro atoms. The van der Waals surface area contributed by atoms with Crippen molar-refractivity contribution in [3.8, 4) is 0 Å². The van der Waals surface area contributed by atoms with Crippen LogP contribution < -0.4 is 11.1 Å². The van der Waals surface area contributed by atoms with Gasteiger partial charge in [-0.3, -0.25) is 9.67 Å². The van der Waals surface area contributed by atoms with Crippen molar-refractivity contribution in [1.29, 1.82) is 0 Å². The van der Waals surface area contributed by atoms with E-state index in [1.807, 2.05) is 63.9 Å². The summed E-state index contributed by atoms with van der Waals surface area (Å²) in [6.45, 7) is 0.574. The minimum Gasteiger partial charge on any atom is -0.370 e. The smallest absolute Gasteiger partial charge is 0.193 e. The first kappa shape index (κ1) is 15.1. The number of aliphatic imine (C=N–C) groups is 1. The van der Waals surface area contributed by atoms with Gasteiger partial charge in [-0.25, -0.2) is 0 Å². The summed E-state index contributed by atoms with van der Waals surface area (Å²) in [5.41, 5.74) is 7.99. The highest BCUT2D eigenvalue weighted by Gasteiger charge is 2.15. The van der Waals surface area contributed by atoms with E-state index in [0.29, 0.717) is 12.5 Å². The van der Waals surface area contributed by atoms with Crippen molar-refractivity contribution in [2.45, 2.75) is 6.04 Å². The summed E-state index contributed by atoms with van der Waals surface area (Å²) < 4.78 is 1.79. The Morgan fingerprint density at radius 3 is 2.67 bits per heavy atom. The molecule has 3 N–H and O–H groups in total. The van der Waals surface area contributed by atoms with E-state index < -0.39 is 0 Å². The van der Waals surface area contributed by atoms with E-state index in [2.05, 4.69) is 20.3 Å². The number of anilines is 1. The molecule has 1 aromatic carbocycles. The number of nitrogens with two attached hydrogens (primary N) is 1. The van der Waals surface area contributed by atoms with E-state index in [-0.39, 0.29) is 6.04 Å². The van der Waals surface area contributed by atoms with E-state index in [0.717, 1.165) is 11.3 Å². The lowest BCUT2D eigenvalue weighted by molar-refractivity contribution is 0.306. The van der Waals surface area contributed by atoms with E-state index in [1.54, 1.807) is 4.68 Å². The topological polar surface area (TPSA) is 71.5 Å². The van der Waals surface area contributed by atoms with Crippen molar-refractivity contribution < 1.29 is 0 Å². The highest BCUT2D eigenvalue weighted by Crippen LogP contribution is 2.17. The number of aryl methyl sites for hydroxylation is 1. The van der Waals surface area contributed by atoms with Gasteiger partial charge in [0.25, 0.3) is 0 Å². The summed E-state index contributed by atoms with van der Waals surface area (Å²) >= 11 is 0. The zero-order chi connectivity index (χ0) is 15.2. The Labute approximate surface area is 125 Å². The molecule has 0 saturated carbocycles. The maximum atomic E-state index is 5.94. The zero-order valence-electron chi connectivity index (χ0n) is 12.7. The fourth-order valence-corrected chi connectivity index (χ4v) is 2.07. The summed E-state index contributed by atoms with van der Waals surface area (Å²) in [6, 6.07) is 9.92. The number of likely N-dealkylation sites (N-methyl/N-ethyl adjacent to an activating group) is 1. The number of nitrogens with zero attached hydrogens (tertiary/aromatic N) is 4. The molecular formula is C15H22N6. The van der Waals surface area contributed by atoms with Crippen LogP contribution in [0.2, 0.25) is 0 Å². The lowest BCUT2D eigenvalue weighted by Gasteiger charge is -2.21. The minimum absolute atomic E-state index is 0.148. The van der Waals surface area contributed by atoms with E-state index in [9.17, 15) is 0 Å². The molecule has 0 amide bonds. The van der Waals surface area contributed by atoms with Gasteiger partial charge in [0.15, 0.2) is 5.96 Å². The van der Waals surface area contributed by atoms with Crippen LogP contribution in [0.1, 0.15) is 11.6 Å². The molecule has 0 radical (unpaired) electrons. The Balaban J connectivity index is 2.02. The van der Waals surface area contributed by atoms with Crippen LogP contribution in [0.3, 0.4) is 0 Å². The van der Waals surface area contributed by atoms with E-state index in [4.69, 9.17) is 5.73 Å². The predicted molar refractivity (Wildman–Crippen MR) is 86.2 cm³/mol. The van der Waals surface area contributed by atoms with Crippen molar-refractivity contribution in [3.63, 3.8) is 0 Å². The average Bonchev–Trinajstić information content (AvgIpc) is 2.86. The Hall–Kier alpha value is -2.34. The molecule has 6 nitrogen and oxygen atoms in total. The first-order valence-electron chi connectivity index (χ1n) is 6.83. The maximum Gasteiger partial charge on any atom is 0.193 e. The van der Waals surface area contributed by atoms with Crippen molar-refractivity contribution in [1.82, 2.24) is 14.7 Å². The van der Waals surface area contributed by atoms with Gasteiger partial charge in [0, 0.05) is 24.5 Å². The maximum absolute atomic E-state index is 5.94. The summed E-state index contributed by atoms with van der Waals surface area (Å²) in [5, 5.41) is 7.29. The molecule has 0 saturated heterocycles. The van der Waals surface area contributed by atoms with Crippen molar-refractivity contribution in [3.05, 3.63) is 48.3 Å². The molecule has 112 valence electrons. The Morgan fingerprint density at radius 1 is 1.38 bits per heavy atom. The van der Waals surface area contributed by atoms with Gasteiger partial charge in [-0.15, -0.1) is 0 Å². The molecule has 21 heavy (non-hydrogen) atoms. The SMILES string of the molecule is CN(C)C(CN=C(N)Nc1ccccc1)c1cnn(C)c1. The van der Waals surface area contributed by atoms with Crippen LogP contribution in [0, 0.1) is 0 Å². The van der Waals surface area contributed by atoms with Gasteiger partial charge in [-0.05, 0) is 26.2 Å². The second kappa shape index (κ2) is 6.90. The first-order valence-corrected chi connectivity index (χ1v) is 6.83. The second-order valence-electron chi connectivity index (χ2n) is 5.14. The van der Waals surface area contributed by atoms with Gasteiger partial charge >= 0.3 is 0 Å². The normalized spacial score (nSPS) is 13.4. The summed E-state index contributed by atoms with van der Waals surface area (Å²) in [4.78, 5) is 6.54. The van der Waals surface area contributed by atoms with Crippen molar-refractivity contribution >= 4 is 11.6 Å². The van der Waals surface area contributed by atoms with Crippen LogP contribution in [-0.2, 0) is 7.05 Å². The van der Waals surface area contributed by atoms with Crippen molar-refractivity contribution in [2.75, 3.05) is 26.0 Å². The van der Waals surface area contributed by atoms with Crippen LogP contribution in [-0.4, -0.2) is 41.3 Å². The molecule has 6 heteroatoms. The van der Waals surface area contributed by atoms with E-state index in [1.165, 1.54) is 0 Å². The minimum atomic E-state index is 0.148. The van der Waals surface area contributed by atoms with Gasteiger partial charge in [0.05, 0.1) is 18.8 Å². The number of para-hydroxylation sites is 1. The highest BCUT2D eigenvalue weighted by molar-refractivity contribution is 5.92. The van der Waals surface area contributed by atoms with Gasteiger partial charge in [0.2, 0.25) is 0 Å². The Kier molecular flexibility index (Phi) is 4.94. The first-order chi connectivity index (χ1) is 10.1. The second-order valence-corrected chi connectivity index (χ2v) is 5.14. The summed E-state index contributed by atoms with van der Waals surface area (Å²) in [7, 11) is 5.95. The standard InChI is InChI=1S/C15H22N6/c1-20(2)14(12-9-18-21(3)11-12)10-17-15(16)19-13-7-5-4-6-8-13/h4-9,11,14H,10H2,1-3H3,(H3,16,17,19). The van der Waals surface area contributed by atoms with Crippen LogP contribution in [0.5, 0.6) is 0 Å². The molecule has 1 atom stereocenters. The largest absolute Gasteiger partial charge is 0.370 e. The van der Waals surface area contributed by atoms with Crippen LogP contribution in [0.15, 0.2) is 47.7 Å². The van der Waals surface area contributed by atoms with Gasteiger partial charge < -0.3 is 16.0 Å². The Bertz CT molecular complexity index is 587. The molecule has 0 bridgehead atoms. The number of guanidine groups is 1. The monoisotopic (exact) mass is 286 g/mol. The lowest BCUT2D eigenvalue weighted by Crippen LogP contribution is -2.27. The van der Waals surface area contributed by atoms with Crippen LogP contribution in [0.4, 0.5) is 5.69 Å². The number of hydrogen-bond acceptors (Lipinski definition) is 3. The Morgan fingerprint density at radius 2 is 2.10 bits per heavy atom. The van der Waals surface area contributed by atoms with Crippen molar-refractivity contribution in [2.24, 2.45) is 17.8 Å². The molecule has 1 aromatic heterocycles. The molecule has 0 aliphatic carbocycles. The number of nitrogens with one attached hydrogen (secondary N) is 1. The highest BCUT2D eigenvalue weighted by atomic mass is 15.2. The molecule has 1 heterocycles. The molecule has 2 rings (SSSR count). The van der Waals surface area contributed by atoms with Crippen LogP contribution in [0.25, 0.3) is 0 Å². The summed E-state index contributed by atoms with van der Waals surface area (Å²) in [5.74, 6) is 0.414. The fourth-order valence-electron chi connectivity index (χ4n) is 2.07. The van der Waals surface area contributed by atoms with E-state index >= 15 is 0 Å². The molecule has 0 aliphatic rings. The lowest BCUT2D eigenvalue weighted by atomic mass is 10.1. The molecule has 2 aromatic rings. The third-order valence-electron chi connectivity index (χ3n) is 3.21. The van der Waals surface area contributed by atoms with Gasteiger partial charge in [-0.1, -0.05) is 18.2 Å². The number of aromatic nitrogens is 2. The third-order valence-corrected chi connectivity index (χ3v) is 3.21. The molecule has 0 fully saturated rings. The number of benzene rings is 1.